The second-order valence-corrected chi connectivity index (χ2v) is 6.48. The molecule has 128 valence electrons. The molecule has 0 amide bonds. The maximum absolute atomic E-state index is 10.3. The number of rotatable bonds is 12. The van der Waals surface area contributed by atoms with Gasteiger partial charge in [0.25, 0.3) is 0 Å². The van der Waals surface area contributed by atoms with Gasteiger partial charge in [-0.1, -0.05) is 71.1 Å². The van der Waals surface area contributed by atoms with Gasteiger partial charge >= 0.3 is 15.0 Å². The largest absolute Gasteiger partial charge is 0.668 e. The molecule has 0 heterocycles. The SMILES string of the molecule is CCCCCCCCCCCCCC(=O)O.O[Si](O)(O)O. The minimum atomic E-state index is -4.61. The van der Waals surface area contributed by atoms with E-state index in [9.17, 15) is 4.79 Å². The van der Waals surface area contributed by atoms with E-state index in [1.807, 2.05) is 0 Å². The predicted molar refractivity (Wildman–Crippen MR) is 83.3 cm³/mol. The van der Waals surface area contributed by atoms with E-state index in [1.54, 1.807) is 0 Å². The first-order chi connectivity index (χ1) is 9.77. The van der Waals surface area contributed by atoms with Gasteiger partial charge in [-0.15, -0.1) is 0 Å². The molecule has 0 bridgehead atoms. The summed E-state index contributed by atoms with van der Waals surface area (Å²) in [7, 11) is -4.61. The van der Waals surface area contributed by atoms with E-state index in [0.717, 1.165) is 12.8 Å². The molecule has 0 saturated carbocycles. The molecule has 21 heavy (non-hydrogen) atoms. The minimum absolute atomic E-state index is 0.344. The quantitative estimate of drug-likeness (QED) is 0.277. The van der Waals surface area contributed by atoms with E-state index in [1.165, 1.54) is 57.8 Å². The molecule has 7 heteroatoms. The van der Waals surface area contributed by atoms with Gasteiger partial charge in [-0.2, -0.15) is 0 Å². The summed E-state index contributed by atoms with van der Waals surface area (Å²) in [4.78, 5) is 39.6. The highest BCUT2D eigenvalue weighted by atomic mass is 28.4. The zero-order valence-electron chi connectivity index (χ0n) is 13.1. The van der Waals surface area contributed by atoms with Gasteiger partial charge in [-0.05, 0) is 6.42 Å². The molecule has 0 radical (unpaired) electrons. The normalized spacial score (nSPS) is 10.9. The lowest BCUT2D eigenvalue weighted by Gasteiger charge is -2.01. The van der Waals surface area contributed by atoms with Gasteiger partial charge in [-0.3, -0.25) is 4.79 Å². The average Bonchev–Trinajstić information content (AvgIpc) is 2.33. The zero-order chi connectivity index (χ0) is 16.6. The van der Waals surface area contributed by atoms with Gasteiger partial charge in [0, 0.05) is 6.42 Å². The van der Waals surface area contributed by atoms with Crippen molar-refractivity contribution in [2.75, 3.05) is 0 Å². The van der Waals surface area contributed by atoms with Gasteiger partial charge in [0.15, 0.2) is 0 Å². The first-order valence-electron chi connectivity index (χ1n) is 7.88. The van der Waals surface area contributed by atoms with E-state index >= 15 is 0 Å². The molecule has 0 aliphatic heterocycles. The first kappa shape index (κ1) is 22.8. The minimum Gasteiger partial charge on any atom is -0.481 e. The third kappa shape index (κ3) is 38.2. The molecule has 6 nitrogen and oxygen atoms in total. The zero-order valence-corrected chi connectivity index (χ0v) is 14.1. The Morgan fingerprint density at radius 1 is 0.714 bits per heavy atom. The van der Waals surface area contributed by atoms with Gasteiger partial charge in [0.2, 0.25) is 0 Å². The van der Waals surface area contributed by atoms with E-state index in [4.69, 9.17) is 24.3 Å². The maximum atomic E-state index is 10.3. The summed E-state index contributed by atoms with van der Waals surface area (Å²) in [5.74, 6) is -0.657. The molecule has 0 saturated heterocycles. The Bertz CT molecular complexity index is 224. The van der Waals surface area contributed by atoms with E-state index in [2.05, 4.69) is 6.92 Å². The van der Waals surface area contributed by atoms with Crippen molar-refractivity contribution in [2.24, 2.45) is 0 Å². The fraction of sp³-hybridized carbons (Fsp3) is 0.929. The monoisotopic (exact) mass is 324 g/mol. The van der Waals surface area contributed by atoms with Crippen molar-refractivity contribution in [1.82, 2.24) is 0 Å². The summed E-state index contributed by atoms with van der Waals surface area (Å²) in [5.41, 5.74) is 0. The fourth-order valence-corrected chi connectivity index (χ4v) is 1.94. The molecule has 0 aromatic heterocycles. The molecule has 0 spiro atoms. The van der Waals surface area contributed by atoms with Crippen molar-refractivity contribution in [1.29, 1.82) is 0 Å². The van der Waals surface area contributed by atoms with Crippen LogP contribution in [0.2, 0.25) is 0 Å². The lowest BCUT2D eigenvalue weighted by atomic mass is 10.1. The van der Waals surface area contributed by atoms with Gasteiger partial charge in [0.05, 0.1) is 0 Å². The Kier molecular flexibility index (Phi) is 17.3. The summed E-state index contributed by atoms with van der Waals surface area (Å²) >= 11 is 0. The second-order valence-electron chi connectivity index (χ2n) is 5.28. The summed E-state index contributed by atoms with van der Waals surface area (Å²) in [6.45, 7) is 2.25. The standard InChI is InChI=1S/C14H28O2.H4O4Si/c1-2-3-4-5-6-7-8-9-10-11-12-13-14(15)16;1-5(2,3)4/h2-13H2,1H3,(H,15,16);1-4H. The summed E-state index contributed by atoms with van der Waals surface area (Å²) in [6.07, 6.45) is 14.4. The molecule has 0 unspecified atom stereocenters. The number of hydrogen-bond donors (Lipinski definition) is 5. The van der Waals surface area contributed by atoms with Gasteiger partial charge in [0.1, 0.15) is 0 Å². The fourth-order valence-electron chi connectivity index (χ4n) is 1.94. The van der Waals surface area contributed by atoms with Crippen LogP contribution >= 0.6 is 0 Å². The van der Waals surface area contributed by atoms with Crippen LogP contribution in [0.25, 0.3) is 0 Å². The highest BCUT2D eigenvalue weighted by Crippen LogP contribution is 2.11. The highest BCUT2D eigenvalue weighted by Gasteiger charge is 2.22. The summed E-state index contributed by atoms with van der Waals surface area (Å²) < 4.78 is 0. The highest BCUT2D eigenvalue weighted by molar-refractivity contribution is 6.46. The Balaban J connectivity index is 0. The number of carboxylic acids is 1. The third-order valence-electron chi connectivity index (χ3n) is 2.99. The van der Waals surface area contributed by atoms with Crippen molar-refractivity contribution in [3.05, 3.63) is 0 Å². The lowest BCUT2D eigenvalue weighted by molar-refractivity contribution is -0.137. The van der Waals surface area contributed by atoms with Crippen molar-refractivity contribution >= 4 is 15.0 Å². The Labute approximate surface area is 128 Å². The lowest BCUT2D eigenvalue weighted by Crippen LogP contribution is -2.33. The number of carbonyl (C=O) groups is 1. The van der Waals surface area contributed by atoms with Crippen LogP contribution in [0, 0.1) is 0 Å². The van der Waals surface area contributed by atoms with Crippen molar-refractivity contribution in [3.63, 3.8) is 0 Å². The van der Waals surface area contributed by atoms with Gasteiger partial charge in [-0.25, -0.2) is 0 Å². The Morgan fingerprint density at radius 3 is 1.29 bits per heavy atom. The Morgan fingerprint density at radius 2 is 1.00 bits per heavy atom. The predicted octanol–water partition coefficient (Wildman–Crippen LogP) is 2.16. The first-order valence-corrected chi connectivity index (χ1v) is 9.67. The number of hydrogen-bond acceptors (Lipinski definition) is 5. The molecule has 0 aliphatic carbocycles. The molecule has 5 N–H and O–H groups in total. The molecule has 0 aromatic rings. The van der Waals surface area contributed by atoms with Gasteiger partial charge < -0.3 is 24.3 Å². The molecule has 0 rings (SSSR count). The van der Waals surface area contributed by atoms with Crippen LogP contribution in [0.15, 0.2) is 0 Å². The summed E-state index contributed by atoms with van der Waals surface area (Å²) in [6, 6.07) is 0. The average molecular weight is 324 g/mol. The summed E-state index contributed by atoms with van der Waals surface area (Å²) in [5, 5.41) is 8.46. The van der Waals surface area contributed by atoms with Crippen LogP contribution in [-0.2, 0) is 4.79 Å². The van der Waals surface area contributed by atoms with Crippen molar-refractivity contribution in [3.8, 4) is 0 Å². The smallest absolute Gasteiger partial charge is 0.481 e. The van der Waals surface area contributed by atoms with Crippen LogP contribution in [0.5, 0.6) is 0 Å². The van der Waals surface area contributed by atoms with E-state index in [-0.39, 0.29) is 0 Å². The van der Waals surface area contributed by atoms with E-state index < -0.39 is 15.0 Å². The molecule has 0 aliphatic rings. The van der Waals surface area contributed by atoms with Crippen molar-refractivity contribution in [2.45, 2.75) is 84.0 Å². The van der Waals surface area contributed by atoms with Crippen LogP contribution in [0.3, 0.4) is 0 Å². The van der Waals surface area contributed by atoms with Crippen molar-refractivity contribution < 1.29 is 29.1 Å². The maximum Gasteiger partial charge on any atom is 0.668 e. The van der Waals surface area contributed by atoms with Crippen LogP contribution in [0.1, 0.15) is 84.0 Å². The molecular formula is C14H32O6Si. The number of unbranched alkanes of at least 4 members (excludes halogenated alkanes) is 10. The van der Waals surface area contributed by atoms with E-state index in [0.29, 0.717) is 6.42 Å². The van der Waals surface area contributed by atoms with Crippen LogP contribution in [-0.4, -0.2) is 39.3 Å². The molecule has 0 fully saturated rings. The second kappa shape index (κ2) is 15.9. The molecule has 0 atom stereocenters. The van der Waals surface area contributed by atoms with Crippen LogP contribution in [0.4, 0.5) is 0 Å². The topological polar surface area (TPSA) is 118 Å². The molecular weight excluding hydrogens is 292 g/mol. The Hall–Kier alpha value is -0.473. The molecule has 0 aromatic carbocycles. The third-order valence-corrected chi connectivity index (χ3v) is 2.99. The number of carboxylic acid groups (broad SMARTS) is 1. The van der Waals surface area contributed by atoms with Crippen LogP contribution < -0.4 is 0 Å². The number of aliphatic carboxylic acids is 1.